The number of rotatable bonds is 9. The molecule has 1 aliphatic heterocycles. The standard InChI is InChI=1S/C62H52N4/c1-45-17-16-25-56(43-45)66-61-28-15-13-26-58(61)59-44-57(41-42-62(59)66)65(52-23-10-5-11-24-52)55-38-32-48(33-39-55)47-30-36-54(37-31-47)64(51-21-8-4-9-22-51)53-35-29-46(2)63(50-19-6-3-7-20-50)60-27-14-12-18-49(60)34-40-53/h3-16,18-33,35-46H,17,34H2,1-2H3/b35-29-,53-40+. The van der Waals surface area contributed by atoms with Crippen LogP contribution in [0.15, 0.2) is 248 Å². The van der Waals surface area contributed by atoms with Gasteiger partial charge in [0.2, 0.25) is 0 Å². The number of para-hydroxylation sites is 5. The van der Waals surface area contributed by atoms with Gasteiger partial charge < -0.3 is 19.3 Å². The third-order valence-electron chi connectivity index (χ3n) is 13.1. The summed E-state index contributed by atoms with van der Waals surface area (Å²) in [4.78, 5) is 7.20. The van der Waals surface area contributed by atoms with Crippen LogP contribution in [0.25, 0.3) is 38.6 Å². The van der Waals surface area contributed by atoms with Gasteiger partial charge in [-0.15, -0.1) is 0 Å². The summed E-state index contributed by atoms with van der Waals surface area (Å²) >= 11 is 0. The Morgan fingerprint density at radius 2 is 1.05 bits per heavy atom. The molecule has 1 aliphatic carbocycles. The minimum atomic E-state index is 0.117. The van der Waals surface area contributed by atoms with E-state index in [2.05, 4.69) is 276 Å². The van der Waals surface area contributed by atoms with E-state index in [1.165, 1.54) is 55.6 Å². The van der Waals surface area contributed by atoms with Gasteiger partial charge in [0.25, 0.3) is 0 Å². The molecule has 2 heterocycles. The van der Waals surface area contributed by atoms with E-state index in [-0.39, 0.29) is 6.04 Å². The van der Waals surface area contributed by atoms with Crippen LogP contribution < -0.4 is 14.7 Å². The molecule has 0 radical (unpaired) electrons. The molecule has 0 fully saturated rings. The van der Waals surface area contributed by atoms with Gasteiger partial charge in [-0.05, 0) is 146 Å². The Labute approximate surface area is 388 Å². The maximum absolute atomic E-state index is 2.45. The Kier molecular flexibility index (Phi) is 11.0. The van der Waals surface area contributed by atoms with Gasteiger partial charge in [0.1, 0.15) is 0 Å². The maximum Gasteiger partial charge on any atom is 0.0542 e. The van der Waals surface area contributed by atoms with Crippen molar-refractivity contribution in [3.8, 4) is 11.1 Å². The lowest BCUT2D eigenvalue weighted by atomic mass is 10.0. The quantitative estimate of drug-likeness (QED) is 0.144. The Morgan fingerprint density at radius 3 is 1.74 bits per heavy atom. The first-order valence-electron chi connectivity index (χ1n) is 23.2. The molecule has 0 saturated carbocycles. The molecule has 2 aliphatic rings. The lowest BCUT2D eigenvalue weighted by molar-refractivity contribution is 0.735. The fourth-order valence-electron chi connectivity index (χ4n) is 9.87. The van der Waals surface area contributed by atoms with Crippen molar-refractivity contribution in [3.05, 3.63) is 254 Å². The zero-order valence-corrected chi connectivity index (χ0v) is 37.5. The smallest absolute Gasteiger partial charge is 0.0542 e. The fourth-order valence-corrected chi connectivity index (χ4v) is 9.87. The second-order valence-corrected chi connectivity index (χ2v) is 17.5. The number of anilines is 7. The topological polar surface area (TPSA) is 14.7 Å². The van der Waals surface area contributed by atoms with Crippen LogP contribution in [-0.4, -0.2) is 10.6 Å². The molecule has 1 aromatic heterocycles. The molecule has 66 heavy (non-hydrogen) atoms. The number of benzene rings is 8. The Morgan fingerprint density at radius 1 is 0.485 bits per heavy atom. The highest BCUT2D eigenvalue weighted by molar-refractivity contribution is 6.11. The van der Waals surface area contributed by atoms with Gasteiger partial charge in [0.15, 0.2) is 0 Å². The van der Waals surface area contributed by atoms with Gasteiger partial charge in [0.05, 0.1) is 11.0 Å². The van der Waals surface area contributed by atoms with Crippen molar-refractivity contribution < 1.29 is 0 Å². The summed E-state index contributed by atoms with van der Waals surface area (Å²) in [5, 5.41) is 2.50. The van der Waals surface area contributed by atoms with Crippen molar-refractivity contribution in [1.82, 2.24) is 4.57 Å². The molecule has 11 rings (SSSR count). The summed E-state index contributed by atoms with van der Waals surface area (Å²) in [6.07, 6.45) is 15.9. The van der Waals surface area contributed by atoms with Crippen molar-refractivity contribution in [3.63, 3.8) is 0 Å². The summed E-state index contributed by atoms with van der Waals surface area (Å²) in [6, 6.07) is 74.8. The van der Waals surface area contributed by atoms with E-state index in [0.29, 0.717) is 5.92 Å². The van der Waals surface area contributed by atoms with Crippen LogP contribution in [0.3, 0.4) is 0 Å². The summed E-state index contributed by atoms with van der Waals surface area (Å²) in [5.41, 5.74) is 16.4. The maximum atomic E-state index is 2.45. The average molecular weight is 853 g/mol. The van der Waals surface area contributed by atoms with Crippen molar-refractivity contribution in [2.45, 2.75) is 32.7 Å². The van der Waals surface area contributed by atoms with Crippen molar-refractivity contribution >= 4 is 67.3 Å². The average Bonchev–Trinajstić information content (AvgIpc) is 3.73. The van der Waals surface area contributed by atoms with Crippen molar-refractivity contribution in [1.29, 1.82) is 0 Å². The van der Waals surface area contributed by atoms with Crippen LogP contribution in [0, 0.1) is 5.92 Å². The molecular formula is C62H52N4. The van der Waals surface area contributed by atoms with Crippen LogP contribution >= 0.6 is 0 Å². The molecule has 4 heteroatoms. The molecule has 4 nitrogen and oxygen atoms in total. The molecule has 2 unspecified atom stereocenters. The zero-order chi connectivity index (χ0) is 44.4. The lowest BCUT2D eigenvalue weighted by Crippen LogP contribution is -2.27. The Balaban J connectivity index is 0.927. The van der Waals surface area contributed by atoms with Gasteiger partial charge in [0, 0.05) is 68.0 Å². The first-order chi connectivity index (χ1) is 32.6. The first-order valence-corrected chi connectivity index (χ1v) is 23.2. The van der Waals surface area contributed by atoms with E-state index >= 15 is 0 Å². The normalized spacial score (nSPS) is 17.2. The van der Waals surface area contributed by atoms with Crippen LogP contribution in [0.5, 0.6) is 0 Å². The highest BCUT2D eigenvalue weighted by Gasteiger charge is 2.22. The van der Waals surface area contributed by atoms with Crippen LogP contribution in [0.1, 0.15) is 25.8 Å². The molecule has 0 saturated heterocycles. The van der Waals surface area contributed by atoms with Crippen LogP contribution in [0.4, 0.5) is 39.8 Å². The summed E-state index contributed by atoms with van der Waals surface area (Å²) in [5.74, 6) is 0.505. The van der Waals surface area contributed by atoms with Gasteiger partial charge in [-0.3, -0.25) is 0 Å². The van der Waals surface area contributed by atoms with Crippen molar-refractivity contribution in [2.24, 2.45) is 5.92 Å². The van der Waals surface area contributed by atoms with Crippen LogP contribution in [-0.2, 0) is 6.42 Å². The molecule has 0 spiro atoms. The Hall–Kier alpha value is -8.08. The van der Waals surface area contributed by atoms with E-state index < -0.39 is 0 Å². The third-order valence-corrected chi connectivity index (χ3v) is 13.1. The summed E-state index contributed by atoms with van der Waals surface area (Å²) < 4.78 is 2.43. The van der Waals surface area contributed by atoms with E-state index in [1.807, 2.05) is 0 Å². The van der Waals surface area contributed by atoms with E-state index in [9.17, 15) is 0 Å². The van der Waals surface area contributed by atoms with Gasteiger partial charge in [-0.25, -0.2) is 0 Å². The minimum Gasteiger partial charge on any atom is -0.335 e. The highest BCUT2D eigenvalue weighted by Crippen LogP contribution is 2.42. The van der Waals surface area contributed by atoms with Gasteiger partial charge in [-0.2, -0.15) is 0 Å². The number of allylic oxidation sites excluding steroid dienone is 6. The second-order valence-electron chi connectivity index (χ2n) is 17.5. The SMILES string of the molecule is CC1C=C(n2c3ccccc3c3cc(N(c4ccccc4)c4ccc(-c5ccc(N(C6=C/Cc7ccccc7N(c7ccccc7)C(C)/C=C\6)c6ccccc6)cc5)cc4)ccc32)C=CC1. The molecule has 9 aromatic rings. The molecule has 2 atom stereocenters. The highest BCUT2D eigenvalue weighted by atomic mass is 15.2. The van der Waals surface area contributed by atoms with Gasteiger partial charge >= 0.3 is 0 Å². The number of hydrogen-bond donors (Lipinski definition) is 0. The second kappa shape index (κ2) is 17.8. The van der Waals surface area contributed by atoms with Gasteiger partial charge in [-0.1, -0.05) is 146 Å². The number of hydrogen-bond acceptors (Lipinski definition) is 3. The Bertz CT molecular complexity index is 3270. The molecule has 8 aromatic carbocycles. The van der Waals surface area contributed by atoms with E-state index in [4.69, 9.17) is 0 Å². The monoisotopic (exact) mass is 852 g/mol. The van der Waals surface area contributed by atoms with Crippen LogP contribution in [0.2, 0.25) is 0 Å². The summed E-state index contributed by atoms with van der Waals surface area (Å²) in [7, 11) is 0. The molecule has 320 valence electrons. The van der Waals surface area contributed by atoms with E-state index in [1.54, 1.807) is 0 Å². The minimum absolute atomic E-state index is 0.117. The first kappa shape index (κ1) is 40.7. The molecular weight excluding hydrogens is 801 g/mol. The molecule has 0 amide bonds. The lowest BCUT2D eigenvalue weighted by Gasteiger charge is -2.31. The molecule has 0 bridgehead atoms. The summed E-state index contributed by atoms with van der Waals surface area (Å²) in [6.45, 7) is 4.57. The predicted octanol–water partition coefficient (Wildman–Crippen LogP) is 16.7. The van der Waals surface area contributed by atoms with Crippen molar-refractivity contribution in [2.75, 3.05) is 14.7 Å². The number of nitrogens with zero attached hydrogens (tertiary/aromatic N) is 4. The largest absolute Gasteiger partial charge is 0.335 e. The number of fused-ring (bicyclic) bond motifs is 4. The fraction of sp³-hybridized carbons (Fsp3) is 0.0968. The number of aromatic nitrogens is 1. The van der Waals surface area contributed by atoms with E-state index in [0.717, 1.165) is 47.0 Å². The zero-order valence-electron chi connectivity index (χ0n) is 37.5. The predicted molar refractivity (Wildman–Crippen MR) is 281 cm³/mol. The molecule has 0 N–H and O–H groups in total. The third kappa shape index (κ3) is 7.81.